The summed E-state index contributed by atoms with van der Waals surface area (Å²) in [7, 11) is 0. The Morgan fingerprint density at radius 2 is 1.76 bits per heavy atom. The highest BCUT2D eigenvalue weighted by molar-refractivity contribution is 5.69. The number of hydrogen-bond acceptors (Lipinski definition) is 2. The maximum atomic E-state index is 13.9. The van der Waals surface area contributed by atoms with E-state index in [4.69, 9.17) is 0 Å². The number of carbonyl (C=O) groups is 1. The maximum absolute atomic E-state index is 13.9. The molecule has 1 aliphatic carbocycles. The van der Waals surface area contributed by atoms with E-state index in [1.54, 1.807) is 0 Å². The first-order valence-corrected chi connectivity index (χ1v) is 7.68. The van der Waals surface area contributed by atoms with Gasteiger partial charge in [-0.1, -0.05) is 19.8 Å². The summed E-state index contributed by atoms with van der Waals surface area (Å²) in [5.74, 6) is -1.95. The van der Waals surface area contributed by atoms with Crippen molar-refractivity contribution in [3.05, 3.63) is 29.3 Å². The number of carbonyl (C=O) groups excluding carboxylic acids is 1. The van der Waals surface area contributed by atoms with Crippen molar-refractivity contribution in [2.75, 3.05) is 0 Å². The second kappa shape index (κ2) is 7.01. The van der Waals surface area contributed by atoms with Crippen molar-refractivity contribution < 1.29 is 18.3 Å². The van der Waals surface area contributed by atoms with Crippen LogP contribution in [0.1, 0.15) is 63.9 Å². The molecular weight excluding hydrogens is 274 g/mol. The minimum Gasteiger partial charge on any atom is -0.420 e. The van der Waals surface area contributed by atoms with E-state index in [0.717, 1.165) is 38.5 Å². The Kier molecular flexibility index (Phi) is 5.32. The van der Waals surface area contributed by atoms with E-state index in [9.17, 15) is 13.6 Å². The summed E-state index contributed by atoms with van der Waals surface area (Å²) < 4.78 is 32.4. The lowest BCUT2D eigenvalue weighted by molar-refractivity contribution is -0.132. The molecule has 2 rings (SSSR count). The molecule has 0 aromatic heterocycles. The SMILES string of the molecule is CCCC1CCC(c2cc(F)c(OC(C)=O)c(F)c2)CC1. The number of halogens is 2. The van der Waals surface area contributed by atoms with Gasteiger partial charge in [-0.05, 0) is 55.2 Å². The van der Waals surface area contributed by atoms with Crippen LogP contribution in [-0.4, -0.2) is 5.97 Å². The molecule has 0 amide bonds. The molecule has 4 heteroatoms. The summed E-state index contributed by atoms with van der Waals surface area (Å²) >= 11 is 0. The van der Waals surface area contributed by atoms with Crippen molar-refractivity contribution in [3.63, 3.8) is 0 Å². The lowest BCUT2D eigenvalue weighted by Gasteiger charge is -2.28. The number of hydrogen-bond donors (Lipinski definition) is 0. The van der Waals surface area contributed by atoms with Gasteiger partial charge in [-0.15, -0.1) is 0 Å². The third-order valence-corrected chi connectivity index (χ3v) is 4.28. The van der Waals surface area contributed by atoms with E-state index in [-0.39, 0.29) is 5.92 Å². The number of esters is 1. The maximum Gasteiger partial charge on any atom is 0.308 e. The molecule has 1 aromatic carbocycles. The Morgan fingerprint density at radius 1 is 1.19 bits per heavy atom. The molecule has 1 saturated carbocycles. The van der Waals surface area contributed by atoms with Gasteiger partial charge in [0.05, 0.1) is 0 Å². The van der Waals surface area contributed by atoms with Crippen LogP contribution in [0.15, 0.2) is 12.1 Å². The van der Waals surface area contributed by atoms with Crippen molar-refractivity contribution in [1.29, 1.82) is 0 Å². The standard InChI is InChI=1S/C17H22F2O2/c1-3-4-12-5-7-13(8-6-12)14-9-15(18)17(16(19)10-14)21-11(2)20/h9-10,12-13H,3-8H2,1-2H3. The molecule has 2 nitrogen and oxygen atoms in total. The van der Waals surface area contributed by atoms with Crippen molar-refractivity contribution in [2.45, 2.75) is 58.3 Å². The van der Waals surface area contributed by atoms with E-state index in [2.05, 4.69) is 11.7 Å². The van der Waals surface area contributed by atoms with Gasteiger partial charge >= 0.3 is 5.97 Å². The van der Waals surface area contributed by atoms with Crippen LogP contribution in [0, 0.1) is 17.6 Å². The van der Waals surface area contributed by atoms with Gasteiger partial charge in [0.1, 0.15) is 0 Å². The summed E-state index contributed by atoms with van der Waals surface area (Å²) in [6.45, 7) is 3.31. The molecule has 0 N–H and O–H groups in total. The van der Waals surface area contributed by atoms with Gasteiger partial charge in [0.25, 0.3) is 0 Å². The third kappa shape index (κ3) is 4.02. The van der Waals surface area contributed by atoms with Crippen molar-refractivity contribution in [1.82, 2.24) is 0 Å². The van der Waals surface area contributed by atoms with Gasteiger partial charge in [0.2, 0.25) is 5.75 Å². The zero-order valence-electron chi connectivity index (χ0n) is 12.6. The molecule has 1 aromatic rings. The highest BCUT2D eigenvalue weighted by Crippen LogP contribution is 2.39. The van der Waals surface area contributed by atoms with E-state index < -0.39 is 23.4 Å². The number of ether oxygens (including phenoxy) is 1. The normalized spacial score (nSPS) is 22.1. The van der Waals surface area contributed by atoms with Crippen LogP contribution in [0.3, 0.4) is 0 Å². The predicted octanol–water partition coefficient (Wildman–Crippen LogP) is 4.96. The molecule has 0 saturated heterocycles. The van der Waals surface area contributed by atoms with E-state index in [0.29, 0.717) is 5.56 Å². The first kappa shape index (κ1) is 15.9. The summed E-state index contributed by atoms with van der Waals surface area (Å²) in [4.78, 5) is 10.8. The monoisotopic (exact) mass is 296 g/mol. The van der Waals surface area contributed by atoms with Gasteiger partial charge in [-0.3, -0.25) is 4.79 Å². The van der Waals surface area contributed by atoms with E-state index >= 15 is 0 Å². The van der Waals surface area contributed by atoms with Gasteiger partial charge in [0.15, 0.2) is 11.6 Å². The molecule has 0 aliphatic heterocycles. The number of rotatable bonds is 4. The Morgan fingerprint density at radius 3 is 2.24 bits per heavy atom. The Bertz CT molecular complexity index is 483. The molecule has 21 heavy (non-hydrogen) atoms. The summed E-state index contributed by atoms with van der Waals surface area (Å²) in [5, 5.41) is 0. The van der Waals surface area contributed by atoms with Crippen molar-refractivity contribution in [2.24, 2.45) is 5.92 Å². The third-order valence-electron chi connectivity index (χ3n) is 4.28. The lowest BCUT2D eigenvalue weighted by Crippen LogP contribution is -2.14. The highest BCUT2D eigenvalue weighted by atomic mass is 19.1. The Hall–Kier alpha value is -1.45. The molecule has 1 aliphatic rings. The summed E-state index contributed by atoms with van der Waals surface area (Å²) in [6, 6.07) is 2.62. The second-order valence-corrected chi connectivity index (χ2v) is 5.91. The van der Waals surface area contributed by atoms with Crippen LogP contribution < -0.4 is 4.74 Å². The molecule has 0 radical (unpaired) electrons. The highest BCUT2D eigenvalue weighted by Gasteiger charge is 2.24. The lowest BCUT2D eigenvalue weighted by atomic mass is 9.77. The molecule has 0 atom stereocenters. The van der Waals surface area contributed by atoms with Crippen molar-refractivity contribution >= 4 is 5.97 Å². The van der Waals surface area contributed by atoms with Crippen LogP contribution in [0.25, 0.3) is 0 Å². The Labute approximate surface area is 124 Å². The fourth-order valence-electron chi connectivity index (χ4n) is 3.25. The van der Waals surface area contributed by atoms with Crippen molar-refractivity contribution in [3.8, 4) is 5.75 Å². The smallest absolute Gasteiger partial charge is 0.308 e. The zero-order valence-corrected chi connectivity index (χ0v) is 12.6. The topological polar surface area (TPSA) is 26.3 Å². The van der Waals surface area contributed by atoms with Gasteiger partial charge in [-0.2, -0.15) is 0 Å². The van der Waals surface area contributed by atoms with Crippen LogP contribution in [-0.2, 0) is 4.79 Å². The van der Waals surface area contributed by atoms with Crippen LogP contribution in [0.5, 0.6) is 5.75 Å². The molecule has 0 unspecified atom stereocenters. The average Bonchev–Trinajstić information content (AvgIpc) is 2.43. The van der Waals surface area contributed by atoms with Gasteiger partial charge in [-0.25, -0.2) is 8.78 Å². The molecule has 0 heterocycles. The summed E-state index contributed by atoms with van der Waals surface area (Å²) in [5.41, 5.74) is 0.677. The molecule has 1 fully saturated rings. The fraction of sp³-hybridized carbons (Fsp3) is 0.588. The molecular formula is C17H22F2O2. The van der Waals surface area contributed by atoms with Gasteiger partial charge in [0, 0.05) is 6.92 Å². The first-order valence-electron chi connectivity index (χ1n) is 7.68. The minimum atomic E-state index is -0.795. The minimum absolute atomic E-state index is 0.202. The van der Waals surface area contributed by atoms with Crippen LogP contribution in [0.2, 0.25) is 0 Å². The second-order valence-electron chi connectivity index (χ2n) is 5.91. The van der Waals surface area contributed by atoms with E-state index in [1.807, 2.05) is 0 Å². The molecule has 0 bridgehead atoms. The summed E-state index contributed by atoms with van der Waals surface area (Å²) in [6.07, 6.45) is 6.60. The average molecular weight is 296 g/mol. The zero-order chi connectivity index (χ0) is 15.4. The van der Waals surface area contributed by atoms with Crippen LogP contribution >= 0.6 is 0 Å². The predicted molar refractivity (Wildman–Crippen MR) is 77.3 cm³/mol. The quantitative estimate of drug-likeness (QED) is 0.579. The van der Waals surface area contributed by atoms with Gasteiger partial charge < -0.3 is 4.74 Å². The largest absolute Gasteiger partial charge is 0.420 e. The fourth-order valence-corrected chi connectivity index (χ4v) is 3.25. The Balaban J connectivity index is 2.10. The van der Waals surface area contributed by atoms with Crippen LogP contribution in [0.4, 0.5) is 8.78 Å². The van der Waals surface area contributed by atoms with E-state index in [1.165, 1.54) is 25.0 Å². The first-order chi connectivity index (χ1) is 10.0. The molecule has 0 spiro atoms. The molecule has 116 valence electrons. The number of benzene rings is 1.